The maximum atomic E-state index is 10.1. The van der Waals surface area contributed by atoms with Crippen LogP contribution in [0, 0.1) is 0 Å². The van der Waals surface area contributed by atoms with Gasteiger partial charge in [0.15, 0.2) is 0 Å². The molecule has 0 radical (unpaired) electrons. The van der Waals surface area contributed by atoms with Crippen molar-refractivity contribution in [3.8, 4) is 0 Å². The Hall–Kier alpha value is -1.05. The van der Waals surface area contributed by atoms with E-state index >= 15 is 0 Å². The summed E-state index contributed by atoms with van der Waals surface area (Å²) in [5.74, 6) is -0.715. The number of carboxylic acid groups (broad SMARTS) is 1. The molecule has 0 bridgehead atoms. The summed E-state index contributed by atoms with van der Waals surface area (Å²) < 4.78 is 0. The van der Waals surface area contributed by atoms with E-state index in [4.69, 9.17) is 5.11 Å². The van der Waals surface area contributed by atoms with Crippen LogP contribution in [0.5, 0.6) is 0 Å². The number of hydrogen-bond donors (Lipinski definition) is 1. The van der Waals surface area contributed by atoms with Crippen LogP contribution in [0.3, 0.4) is 0 Å². The molecule has 2 nitrogen and oxygen atoms in total. The Morgan fingerprint density at radius 3 is 2.58 bits per heavy atom. The molecule has 0 rings (SSSR count). The van der Waals surface area contributed by atoms with Crippen LogP contribution in [0.15, 0.2) is 24.3 Å². The first-order chi connectivity index (χ1) is 5.77. The highest BCUT2D eigenvalue weighted by molar-refractivity contribution is 5.66. The van der Waals surface area contributed by atoms with E-state index < -0.39 is 5.97 Å². The fourth-order valence-electron chi connectivity index (χ4n) is 0.761. The van der Waals surface area contributed by atoms with Crippen molar-refractivity contribution in [3.63, 3.8) is 0 Å². The van der Waals surface area contributed by atoms with E-state index in [2.05, 4.69) is 13.0 Å². The van der Waals surface area contributed by atoms with Crippen molar-refractivity contribution < 1.29 is 9.90 Å². The van der Waals surface area contributed by atoms with Gasteiger partial charge in [-0.25, -0.2) is 0 Å². The first-order valence-electron chi connectivity index (χ1n) is 4.30. The molecular formula is C10H16O2. The number of allylic oxidation sites excluding steroid dienone is 4. The third kappa shape index (κ3) is 8.95. The minimum absolute atomic E-state index is 0.266. The maximum Gasteiger partial charge on any atom is 0.303 e. The van der Waals surface area contributed by atoms with Gasteiger partial charge >= 0.3 is 5.97 Å². The minimum Gasteiger partial charge on any atom is -0.481 e. The number of aliphatic carboxylic acids is 1. The van der Waals surface area contributed by atoms with Crippen molar-refractivity contribution in [1.29, 1.82) is 0 Å². The molecule has 0 spiro atoms. The number of carbonyl (C=O) groups is 1. The van der Waals surface area contributed by atoms with Crippen molar-refractivity contribution in [2.45, 2.75) is 32.6 Å². The van der Waals surface area contributed by atoms with Gasteiger partial charge in [-0.05, 0) is 19.3 Å². The van der Waals surface area contributed by atoms with Crippen LogP contribution in [0.25, 0.3) is 0 Å². The van der Waals surface area contributed by atoms with Gasteiger partial charge in [0.1, 0.15) is 0 Å². The lowest BCUT2D eigenvalue weighted by Crippen LogP contribution is -1.92. The Morgan fingerprint density at radius 2 is 2.00 bits per heavy atom. The van der Waals surface area contributed by atoms with Crippen LogP contribution in [-0.4, -0.2) is 11.1 Å². The number of unbranched alkanes of at least 4 members (excludes halogenated alkanes) is 1. The third-order valence-corrected chi connectivity index (χ3v) is 1.38. The van der Waals surface area contributed by atoms with E-state index in [0.29, 0.717) is 0 Å². The van der Waals surface area contributed by atoms with Gasteiger partial charge in [-0.1, -0.05) is 31.2 Å². The lowest BCUT2D eigenvalue weighted by atomic mass is 10.2. The SMILES string of the molecule is CC/C=C/C=C/CCCC(=O)O. The second kappa shape index (κ2) is 8.05. The largest absolute Gasteiger partial charge is 0.481 e. The van der Waals surface area contributed by atoms with Gasteiger partial charge in [-0.15, -0.1) is 0 Å². The number of hydrogen-bond acceptors (Lipinski definition) is 1. The van der Waals surface area contributed by atoms with Gasteiger partial charge in [0.25, 0.3) is 0 Å². The molecule has 0 saturated carbocycles. The predicted octanol–water partition coefficient (Wildman–Crippen LogP) is 2.76. The average Bonchev–Trinajstić information content (AvgIpc) is 2.02. The Balaban J connectivity index is 3.24. The first kappa shape index (κ1) is 11.0. The van der Waals surface area contributed by atoms with Crippen LogP contribution in [0.1, 0.15) is 32.6 Å². The van der Waals surface area contributed by atoms with Crippen molar-refractivity contribution in [1.82, 2.24) is 0 Å². The standard InChI is InChI=1S/C10H16O2/c1-2-3-4-5-6-7-8-9-10(11)12/h3-6H,2,7-9H2,1H3,(H,11,12)/b4-3+,6-5+. The van der Waals surface area contributed by atoms with E-state index in [1.54, 1.807) is 0 Å². The van der Waals surface area contributed by atoms with E-state index in [0.717, 1.165) is 19.3 Å². The fourth-order valence-corrected chi connectivity index (χ4v) is 0.761. The van der Waals surface area contributed by atoms with Crippen molar-refractivity contribution >= 4 is 5.97 Å². The summed E-state index contributed by atoms with van der Waals surface area (Å²) in [6.45, 7) is 2.08. The summed E-state index contributed by atoms with van der Waals surface area (Å²) >= 11 is 0. The fraction of sp³-hybridized carbons (Fsp3) is 0.500. The molecule has 0 atom stereocenters. The minimum atomic E-state index is -0.715. The highest BCUT2D eigenvalue weighted by atomic mass is 16.4. The lowest BCUT2D eigenvalue weighted by molar-refractivity contribution is -0.137. The molecule has 0 fully saturated rings. The molecule has 0 aromatic heterocycles. The van der Waals surface area contributed by atoms with Crippen LogP contribution in [0.2, 0.25) is 0 Å². The summed E-state index contributed by atoms with van der Waals surface area (Å²) in [7, 11) is 0. The zero-order chi connectivity index (χ0) is 9.23. The van der Waals surface area contributed by atoms with E-state index in [-0.39, 0.29) is 6.42 Å². The summed E-state index contributed by atoms with van der Waals surface area (Å²) in [4.78, 5) is 10.1. The highest BCUT2D eigenvalue weighted by Gasteiger charge is 1.92. The molecule has 0 aromatic rings. The molecule has 0 amide bonds. The van der Waals surface area contributed by atoms with Crippen LogP contribution in [0.4, 0.5) is 0 Å². The average molecular weight is 168 g/mol. The van der Waals surface area contributed by atoms with Gasteiger partial charge in [-0.3, -0.25) is 4.79 Å². The third-order valence-electron chi connectivity index (χ3n) is 1.38. The molecule has 2 heteroatoms. The second-order valence-corrected chi connectivity index (χ2v) is 2.55. The molecule has 0 unspecified atom stereocenters. The van der Waals surface area contributed by atoms with Crippen LogP contribution < -0.4 is 0 Å². The van der Waals surface area contributed by atoms with Crippen molar-refractivity contribution in [3.05, 3.63) is 24.3 Å². The highest BCUT2D eigenvalue weighted by Crippen LogP contribution is 1.96. The molecule has 0 heterocycles. The molecule has 0 saturated heterocycles. The second-order valence-electron chi connectivity index (χ2n) is 2.55. The quantitative estimate of drug-likeness (QED) is 0.489. The van der Waals surface area contributed by atoms with Gasteiger partial charge < -0.3 is 5.11 Å². The monoisotopic (exact) mass is 168 g/mol. The zero-order valence-electron chi connectivity index (χ0n) is 7.49. The van der Waals surface area contributed by atoms with Crippen LogP contribution in [-0.2, 0) is 4.79 Å². The van der Waals surface area contributed by atoms with Gasteiger partial charge in [-0.2, -0.15) is 0 Å². The maximum absolute atomic E-state index is 10.1. The topological polar surface area (TPSA) is 37.3 Å². The molecular weight excluding hydrogens is 152 g/mol. The van der Waals surface area contributed by atoms with Gasteiger partial charge in [0.05, 0.1) is 0 Å². The normalized spacial score (nSPS) is 11.4. The Kier molecular flexibility index (Phi) is 7.35. The molecule has 0 aromatic carbocycles. The zero-order valence-corrected chi connectivity index (χ0v) is 7.49. The Bertz CT molecular complexity index is 169. The first-order valence-corrected chi connectivity index (χ1v) is 4.30. The van der Waals surface area contributed by atoms with E-state index in [1.165, 1.54) is 0 Å². The Morgan fingerprint density at radius 1 is 1.33 bits per heavy atom. The van der Waals surface area contributed by atoms with Crippen LogP contribution >= 0.6 is 0 Å². The lowest BCUT2D eigenvalue weighted by Gasteiger charge is -1.88. The molecule has 0 aliphatic heterocycles. The number of rotatable bonds is 6. The summed E-state index contributed by atoms with van der Waals surface area (Å²) in [6.07, 6.45) is 10.9. The van der Waals surface area contributed by atoms with Gasteiger partial charge in [0, 0.05) is 6.42 Å². The molecule has 12 heavy (non-hydrogen) atoms. The Labute approximate surface area is 73.6 Å². The predicted molar refractivity (Wildman–Crippen MR) is 50.1 cm³/mol. The molecule has 1 N–H and O–H groups in total. The molecule has 68 valence electrons. The number of carboxylic acids is 1. The van der Waals surface area contributed by atoms with Crippen molar-refractivity contribution in [2.75, 3.05) is 0 Å². The summed E-state index contributed by atoms with van der Waals surface area (Å²) in [5, 5.41) is 8.32. The van der Waals surface area contributed by atoms with E-state index in [1.807, 2.05) is 18.2 Å². The molecule has 0 aliphatic rings. The van der Waals surface area contributed by atoms with E-state index in [9.17, 15) is 4.79 Å². The van der Waals surface area contributed by atoms with Crippen molar-refractivity contribution in [2.24, 2.45) is 0 Å². The summed E-state index contributed by atoms with van der Waals surface area (Å²) in [5.41, 5.74) is 0. The smallest absolute Gasteiger partial charge is 0.303 e. The van der Waals surface area contributed by atoms with Gasteiger partial charge in [0.2, 0.25) is 0 Å². The summed E-state index contributed by atoms with van der Waals surface area (Å²) in [6, 6.07) is 0. The molecule has 0 aliphatic carbocycles.